The molecule has 0 heterocycles. The molecule has 1 rings (SSSR count). The molecule has 0 aliphatic rings. The van der Waals surface area contributed by atoms with Crippen LogP contribution in [-0.4, -0.2) is 24.2 Å². The van der Waals surface area contributed by atoms with Crippen LogP contribution in [0.1, 0.15) is 20.3 Å². The molecule has 0 atom stereocenters. The van der Waals surface area contributed by atoms with Crippen molar-refractivity contribution < 1.29 is 9.90 Å². The second kappa shape index (κ2) is 6.86. The van der Waals surface area contributed by atoms with E-state index >= 15 is 0 Å². The second-order valence-electron chi connectivity index (χ2n) is 4.55. The van der Waals surface area contributed by atoms with Crippen LogP contribution in [0.5, 0.6) is 0 Å². The Morgan fingerprint density at radius 2 is 1.89 bits per heavy atom. The molecule has 1 aromatic carbocycles. The van der Waals surface area contributed by atoms with Gasteiger partial charge in [-0.3, -0.25) is 4.79 Å². The summed E-state index contributed by atoms with van der Waals surface area (Å²) in [7, 11) is 0. The van der Waals surface area contributed by atoms with Gasteiger partial charge >= 0.3 is 5.97 Å². The van der Waals surface area contributed by atoms with Crippen LogP contribution in [-0.2, 0) is 4.79 Å². The lowest BCUT2D eigenvalue weighted by molar-refractivity contribution is -0.136. The fraction of sp³-hybridized carbons (Fsp3) is 0.462. The molecule has 18 heavy (non-hydrogen) atoms. The van der Waals surface area contributed by atoms with Crippen LogP contribution >= 0.6 is 23.2 Å². The zero-order valence-corrected chi connectivity index (χ0v) is 12.0. The van der Waals surface area contributed by atoms with Gasteiger partial charge in [0.05, 0.1) is 22.2 Å². The van der Waals surface area contributed by atoms with Crippen LogP contribution in [0.2, 0.25) is 10.0 Å². The lowest BCUT2D eigenvalue weighted by Gasteiger charge is -2.28. The van der Waals surface area contributed by atoms with Crippen molar-refractivity contribution in [2.45, 2.75) is 20.3 Å². The molecular formula is C13H17Cl2NO2. The highest BCUT2D eigenvalue weighted by Crippen LogP contribution is 2.34. The average molecular weight is 290 g/mol. The number of carboxylic acids is 1. The van der Waals surface area contributed by atoms with Crippen LogP contribution < -0.4 is 4.90 Å². The normalized spacial score (nSPS) is 10.7. The quantitative estimate of drug-likeness (QED) is 0.863. The molecule has 100 valence electrons. The SMILES string of the molecule is CC(C)CN(CCC(=O)O)c1c(Cl)cccc1Cl. The number of carbonyl (C=O) groups is 1. The fourth-order valence-corrected chi connectivity index (χ4v) is 2.39. The van der Waals surface area contributed by atoms with E-state index < -0.39 is 5.97 Å². The van der Waals surface area contributed by atoms with E-state index in [4.69, 9.17) is 28.3 Å². The van der Waals surface area contributed by atoms with Crippen molar-refractivity contribution in [3.63, 3.8) is 0 Å². The Morgan fingerprint density at radius 3 is 2.33 bits per heavy atom. The number of carboxylic acid groups (broad SMARTS) is 1. The first-order valence-corrected chi connectivity index (χ1v) is 6.58. The summed E-state index contributed by atoms with van der Waals surface area (Å²) in [5, 5.41) is 9.89. The van der Waals surface area contributed by atoms with Crippen molar-refractivity contribution in [1.82, 2.24) is 0 Å². The molecule has 5 heteroatoms. The van der Waals surface area contributed by atoms with Crippen LogP contribution in [0.15, 0.2) is 18.2 Å². The van der Waals surface area contributed by atoms with E-state index in [1.165, 1.54) is 0 Å². The highest BCUT2D eigenvalue weighted by Gasteiger charge is 2.16. The third kappa shape index (κ3) is 4.39. The monoisotopic (exact) mass is 289 g/mol. The summed E-state index contributed by atoms with van der Waals surface area (Å²) in [6.45, 7) is 5.25. The highest BCUT2D eigenvalue weighted by atomic mass is 35.5. The van der Waals surface area contributed by atoms with Crippen molar-refractivity contribution in [1.29, 1.82) is 0 Å². The van der Waals surface area contributed by atoms with Gasteiger partial charge in [-0.25, -0.2) is 0 Å². The number of hydrogen-bond donors (Lipinski definition) is 1. The average Bonchev–Trinajstić information content (AvgIpc) is 2.24. The van der Waals surface area contributed by atoms with E-state index in [2.05, 4.69) is 13.8 Å². The van der Waals surface area contributed by atoms with Gasteiger partial charge in [-0.1, -0.05) is 43.1 Å². The minimum absolute atomic E-state index is 0.0638. The van der Waals surface area contributed by atoms with E-state index in [9.17, 15) is 4.79 Å². The maximum absolute atomic E-state index is 10.7. The first-order valence-electron chi connectivity index (χ1n) is 5.82. The van der Waals surface area contributed by atoms with Crippen molar-refractivity contribution in [3.8, 4) is 0 Å². The Kier molecular flexibility index (Phi) is 5.76. The molecule has 3 nitrogen and oxygen atoms in total. The van der Waals surface area contributed by atoms with Gasteiger partial charge in [-0.15, -0.1) is 0 Å². The Bertz CT molecular complexity index is 401. The largest absolute Gasteiger partial charge is 0.481 e. The van der Waals surface area contributed by atoms with Crippen LogP contribution in [0.25, 0.3) is 0 Å². The minimum atomic E-state index is -0.827. The smallest absolute Gasteiger partial charge is 0.305 e. The van der Waals surface area contributed by atoms with Gasteiger partial charge in [0, 0.05) is 13.1 Å². The first kappa shape index (κ1) is 15.1. The van der Waals surface area contributed by atoms with Gasteiger partial charge in [0.25, 0.3) is 0 Å². The third-order valence-electron chi connectivity index (χ3n) is 2.43. The topological polar surface area (TPSA) is 40.5 Å². The number of halogens is 2. The predicted octanol–water partition coefficient (Wildman–Crippen LogP) is 3.93. The predicted molar refractivity (Wildman–Crippen MR) is 75.8 cm³/mol. The second-order valence-corrected chi connectivity index (χ2v) is 5.37. The zero-order valence-electron chi connectivity index (χ0n) is 10.5. The zero-order chi connectivity index (χ0) is 13.7. The molecule has 0 saturated heterocycles. The molecule has 0 radical (unpaired) electrons. The molecule has 0 aliphatic heterocycles. The van der Waals surface area contributed by atoms with Crippen molar-refractivity contribution >= 4 is 34.9 Å². The number of aliphatic carboxylic acids is 1. The Morgan fingerprint density at radius 1 is 1.33 bits per heavy atom. The van der Waals surface area contributed by atoms with Crippen LogP contribution in [0.4, 0.5) is 5.69 Å². The number of para-hydroxylation sites is 1. The molecule has 0 aromatic heterocycles. The van der Waals surface area contributed by atoms with Gasteiger partial charge in [0.2, 0.25) is 0 Å². The molecule has 0 amide bonds. The molecule has 0 spiro atoms. The van der Waals surface area contributed by atoms with Gasteiger partial charge in [0.15, 0.2) is 0 Å². The molecule has 0 bridgehead atoms. The van der Waals surface area contributed by atoms with E-state index in [-0.39, 0.29) is 6.42 Å². The molecule has 1 N–H and O–H groups in total. The van der Waals surface area contributed by atoms with Crippen molar-refractivity contribution in [2.75, 3.05) is 18.0 Å². The summed E-state index contributed by atoms with van der Waals surface area (Å²) in [4.78, 5) is 12.6. The van der Waals surface area contributed by atoms with E-state index in [1.54, 1.807) is 18.2 Å². The summed E-state index contributed by atoms with van der Waals surface area (Å²) in [5.41, 5.74) is 0.718. The number of anilines is 1. The third-order valence-corrected chi connectivity index (χ3v) is 3.04. The summed E-state index contributed by atoms with van der Waals surface area (Å²) in [6.07, 6.45) is 0.0638. The fourth-order valence-electron chi connectivity index (χ4n) is 1.76. The summed E-state index contributed by atoms with van der Waals surface area (Å²) in [5.74, 6) is -0.432. The van der Waals surface area contributed by atoms with Crippen molar-refractivity contribution in [3.05, 3.63) is 28.2 Å². The molecule has 0 aliphatic carbocycles. The number of rotatable bonds is 6. The highest BCUT2D eigenvalue weighted by molar-refractivity contribution is 6.39. The van der Waals surface area contributed by atoms with E-state index in [0.29, 0.717) is 22.5 Å². The first-order chi connectivity index (χ1) is 8.41. The Labute approximate surface area is 117 Å². The molecule has 0 saturated carbocycles. The maximum atomic E-state index is 10.7. The number of hydrogen-bond acceptors (Lipinski definition) is 2. The molecule has 0 fully saturated rings. The van der Waals surface area contributed by atoms with Crippen molar-refractivity contribution in [2.24, 2.45) is 5.92 Å². The van der Waals surface area contributed by atoms with Crippen LogP contribution in [0, 0.1) is 5.92 Å². The molecular weight excluding hydrogens is 273 g/mol. The van der Waals surface area contributed by atoms with Gasteiger partial charge < -0.3 is 10.0 Å². The lowest BCUT2D eigenvalue weighted by atomic mass is 10.1. The van der Waals surface area contributed by atoms with Gasteiger partial charge in [0.1, 0.15) is 0 Å². The van der Waals surface area contributed by atoms with E-state index in [1.807, 2.05) is 4.90 Å². The number of benzene rings is 1. The Balaban J connectivity index is 2.97. The standard InChI is InChI=1S/C13H17Cl2NO2/c1-9(2)8-16(7-6-12(17)18)13-10(14)4-3-5-11(13)15/h3-5,9H,6-8H2,1-2H3,(H,17,18). The Hall–Kier alpha value is -0.930. The summed E-state index contributed by atoms with van der Waals surface area (Å²) < 4.78 is 0. The van der Waals surface area contributed by atoms with E-state index in [0.717, 1.165) is 12.2 Å². The lowest BCUT2D eigenvalue weighted by Crippen LogP contribution is -2.30. The summed E-state index contributed by atoms with van der Waals surface area (Å²) >= 11 is 12.3. The summed E-state index contributed by atoms with van der Waals surface area (Å²) in [6, 6.07) is 5.30. The van der Waals surface area contributed by atoms with Crippen LogP contribution in [0.3, 0.4) is 0 Å². The van der Waals surface area contributed by atoms with Gasteiger partial charge in [-0.2, -0.15) is 0 Å². The number of nitrogens with zero attached hydrogens (tertiary/aromatic N) is 1. The van der Waals surface area contributed by atoms with Gasteiger partial charge in [-0.05, 0) is 18.1 Å². The maximum Gasteiger partial charge on any atom is 0.305 e. The molecule has 1 aromatic rings. The minimum Gasteiger partial charge on any atom is -0.481 e. The molecule has 0 unspecified atom stereocenters.